The SMILES string of the molecule is Cc1ccc(-c2nc(-c3ccc(C)cc3)nc(-c3cc(-n4c5ccc(C)cc5c5cc(C)ccc54)cc(-n4c5ccc(C)cc5c5cc(C)ccc54)c3)n2)cc1. The van der Waals surface area contributed by atoms with Gasteiger partial charge in [0, 0.05) is 49.6 Å². The second kappa shape index (κ2) is 12.9. The first-order valence-corrected chi connectivity index (χ1v) is 19.3. The molecule has 5 nitrogen and oxygen atoms in total. The van der Waals surface area contributed by atoms with Crippen molar-refractivity contribution in [3.05, 3.63) is 173 Å². The number of hydrogen-bond acceptors (Lipinski definition) is 3. The van der Waals surface area contributed by atoms with Gasteiger partial charge in [-0.25, -0.2) is 15.0 Å². The van der Waals surface area contributed by atoms with Crippen molar-refractivity contribution in [2.24, 2.45) is 0 Å². The van der Waals surface area contributed by atoms with Crippen LogP contribution in [0.25, 0.3) is 89.2 Å². The van der Waals surface area contributed by atoms with Gasteiger partial charge >= 0.3 is 0 Å². The molecule has 0 aliphatic heterocycles. The highest BCUT2D eigenvalue weighted by atomic mass is 15.0. The molecule has 0 unspecified atom stereocenters. The summed E-state index contributed by atoms with van der Waals surface area (Å²) >= 11 is 0. The predicted molar refractivity (Wildman–Crippen MR) is 233 cm³/mol. The number of benzene rings is 7. The fourth-order valence-corrected chi connectivity index (χ4v) is 8.21. The zero-order valence-corrected chi connectivity index (χ0v) is 32.5. The summed E-state index contributed by atoms with van der Waals surface area (Å²) in [5.41, 5.74) is 16.8. The molecule has 5 heteroatoms. The van der Waals surface area contributed by atoms with Crippen molar-refractivity contribution in [2.45, 2.75) is 41.5 Å². The largest absolute Gasteiger partial charge is 0.309 e. The van der Waals surface area contributed by atoms with Gasteiger partial charge in [-0.05, 0) is 108 Å². The van der Waals surface area contributed by atoms with E-state index < -0.39 is 0 Å². The number of aryl methyl sites for hydroxylation is 6. The third-order valence-electron chi connectivity index (χ3n) is 11.1. The summed E-state index contributed by atoms with van der Waals surface area (Å²) < 4.78 is 4.81. The van der Waals surface area contributed by atoms with Crippen LogP contribution in [-0.2, 0) is 0 Å². The van der Waals surface area contributed by atoms with Gasteiger partial charge in [-0.15, -0.1) is 0 Å². The van der Waals surface area contributed by atoms with E-state index in [1.807, 2.05) is 0 Å². The molecular weight excluding hydrogens is 683 g/mol. The van der Waals surface area contributed by atoms with E-state index in [4.69, 9.17) is 15.0 Å². The molecule has 0 aliphatic rings. The van der Waals surface area contributed by atoms with Crippen LogP contribution in [0, 0.1) is 41.5 Å². The van der Waals surface area contributed by atoms with E-state index in [1.54, 1.807) is 0 Å². The van der Waals surface area contributed by atoms with Crippen molar-refractivity contribution in [1.82, 2.24) is 24.1 Å². The van der Waals surface area contributed by atoms with Crippen LogP contribution in [0.15, 0.2) is 140 Å². The molecule has 10 aromatic rings. The quantitative estimate of drug-likeness (QED) is 0.178. The zero-order valence-electron chi connectivity index (χ0n) is 32.5. The average Bonchev–Trinajstić information content (AvgIpc) is 3.69. The Bertz CT molecular complexity index is 2850. The van der Waals surface area contributed by atoms with Crippen molar-refractivity contribution in [1.29, 1.82) is 0 Å². The number of hydrogen-bond donors (Lipinski definition) is 0. The Labute approximate surface area is 326 Å². The van der Waals surface area contributed by atoms with Gasteiger partial charge in [0.15, 0.2) is 17.5 Å². The van der Waals surface area contributed by atoms with E-state index in [0.717, 1.165) is 50.1 Å². The van der Waals surface area contributed by atoms with Gasteiger partial charge in [0.25, 0.3) is 0 Å². The van der Waals surface area contributed by atoms with Crippen LogP contribution in [0.1, 0.15) is 33.4 Å². The molecule has 270 valence electrons. The lowest BCUT2D eigenvalue weighted by molar-refractivity contribution is 1.07. The Kier molecular flexibility index (Phi) is 7.75. The van der Waals surface area contributed by atoms with Crippen LogP contribution in [0.5, 0.6) is 0 Å². The van der Waals surface area contributed by atoms with Gasteiger partial charge in [0.05, 0.1) is 22.1 Å². The van der Waals surface area contributed by atoms with Crippen LogP contribution in [0.3, 0.4) is 0 Å². The van der Waals surface area contributed by atoms with Gasteiger partial charge in [0.1, 0.15) is 0 Å². The molecule has 10 rings (SSSR count). The van der Waals surface area contributed by atoms with Gasteiger partial charge in [-0.3, -0.25) is 0 Å². The summed E-state index contributed by atoms with van der Waals surface area (Å²) in [6.45, 7) is 12.9. The van der Waals surface area contributed by atoms with Crippen LogP contribution in [-0.4, -0.2) is 24.1 Å². The third-order valence-corrected chi connectivity index (χ3v) is 11.1. The highest BCUT2D eigenvalue weighted by molar-refractivity contribution is 6.11. The Balaban J connectivity index is 1.31. The average molecular weight is 724 g/mol. The first-order valence-electron chi connectivity index (χ1n) is 19.3. The van der Waals surface area contributed by atoms with Gasteiger partial charge in [-0.1, -0.05) is 106 Å². The highest BCUT2D eigenvalue weighted by Gasteiger charge is 2.20. The summed E-state index contributed by atoms with van der Waals surface area (Å²) in [5, 5.41) is 4.95. The minimum absolute atomic E-state index is 0.620. The molecule has 56 heavy (non-hydrogen) atoms. The maximum absolute atomic E-state index is 5.25. The third kappa shape index (κ3) is 5.66. The monoisotopic (exact) mass is 723 g/mol. The van der Waals surface area contributed by atoms with E-state index in [1.165, 1.54) is 54.9 Å². The fourth-order valence-electron chi connectivity index (χ4n) is 8.21. The second-order valence-electron chi connectivity index (χ2n) is 15.5. The first-order chi connectivity index (χ1) is 27.2. The molecule has 0 amide bonds. The van der Waals surface area contributed by atoms with Crippen molar-refractivity contribution in [3.8, 4) is 45.5 Å². The number of rotatable bonds is 5. The summed E-state index contributed by atoms with van der Waals surface area (Å²) in [7, 11) is 0. The molecule has 0 aliphatic carbocycles. The lowest BCUT2D eigenvalue weighted by Gasteiger charge is -2.16. The van der Waals surface area contributed by atoms with E-state index >= 15 is 0 Å². The van der Waals surface area contributed by atoms with Crippen LogP contribution < -0.4 is 0 Å². The maximum atomic E-state index is 5.25. The first kappa shape index (κ1) is 33.7. The molecule has 3 heterocycles. The summed E-state index contributed by atoms with van der Waals surface area (Å²) in [5.74, 6) is 1.90. The Hall–Kier alpha value is -6.85. The van der Waals surface area contributed by atoms with Crippen LogP contribution in [0.2, 0.25) is 0 Å². The summed E-state index contributed by atoms with van der Waals surface area (Å²) in [6.07, 6.45) is 0. The topological polar surface area (TPSA) is 48.5 Å². The smallest absolute Gasteiger partial charge is 0.164 e. The number of fused-ring (bicyclic) bond motifs is 6. The van der Waals surface area contributed by atoms with Crippen molar-refractivity contribution >= 4 is 43.6 Å². The van der Waals surface area contributed by atoms with Crippen molar-refractivity contribution in [3.63, 3.8) is 0 Å². The molecule has 0 radical (unpaired) electrons. The minimum atomic E-state index is 0.620. The van der Waals surface area contributed by atoms with E-state index in [-0.39, 0.29) is 0 Å². The van der Waals surface area contributed by atoms with Crippen molar-refractivity contribution < 1.29 is 0 Å². The number of aromatic nitrogens is 5. The molecule has 0 N–H and O–H groups in total. The molecule has 0 bridgehead atoms. The Morgan fingerprint density at radius 2 is 0.571 bits per heavy atom. The van der Waals surface area contributed by atoms with Gasteiger partial charge in [0.2, 0.25) is 0 Å². The molecule has 7 aromatic carbocycles. The summed E-state index contributed by atoms with van der Waals surface area (Å²) in [4.78, 5) is 15.6. The number of nitrogens with zero attached hydrogens (tertiary/aromatic N) is 5. The molecular formula is C51H41N5. The van der Waals surface area contributed by atoms with Gasteiger partial charge in [-0.2, -0.15) is 0 Å². The molecule has 0 spiro atoms. The van der Waals surface area contributed by atoms with E-state index in [9.17, 15) is 0 Å². The molecule has 0 saturated carbocycles. The molecule has 0 fully saturated rings. The minimum Gasteiger partial charge on any atom is -0.309 e. The Morgan fingerprint density at radius 3 is 0.893 bits per heavy atom. The molecule has 0 atom stereocenters. The zero-order chi connectivity index (χ0) is 38.2. The fraction of sp³-hybridized carbons (Fsp3) is 0.118. The van der Waals surface area contributed by atoms with Crippen LogP contribution >= 0.6 is 0 Å². The Morgan fingerprint density at radius 1 is 0.286 bits per heavy atom. The predicted octanol–water partition coefficient (Wildman–Crippen LogP) is 12.9. The maximum Gasteiger partial charge on any atom is 0.164 e. The normalized spacial score (nSPS) is 11.8. The van der Waals surface area contributed by atoms with E-state index in [0.29, 0.717) is 17.5 Å². The lowest BCUT2D eigenvalue weighted by atomic mass is 10.1. The van der Waals surface area contributed by atoms with Crippen LogP contribution in [0.4, 0.5) is 0 Å². The molecule has 3 aromatic heterocycles. The highest BCUT2D eigenvalue weighted by Crippen LogP contribution is 2.39. The standard InChI is InChI=1S/C51H41N5/c1-30-7-15-36(16-8-30)49-52-50(37-17-9-31(2)10-18-37)54-51(53-49)38-27-39(55-45-19-11-32(3)23-41(45)42-24-33(4)12-20-46(42)55)29-40(28-38)56-47-21-13-34(5)25-43(47)44-26-35(6)14-22-48(44)56/h7-29H,1-6H3. The second-order valence-corrected chi connectivity index (χ2v) is 15.5. The molecule has 0 saturated heterocycles. The van der Waals surface area contributed by atoms with Gasteiger partial charge < -0.3 is 9.13 Å². The van der Waals surface area contributed by atoms with E-state index in [2.05, 4.69) is 190 Å². The lowest BCUT2D eigenvalue weighted by Crippen LogP contribution is -2.03. The summed E-state index contributed by atoms with van der Waals surface area (Å²) in [6, 6.07) is 50.7. The van der Waals surface area contributed by atoms with Crippen molar-refractivity contribution in [2.75, 3.05) is 0 Å².